The lowest BCUT2D eigenvalue weighted by Crippen LogP contribution is -2.42. The van der Waals surface area contributed by atoms with Crippen LogP contribution in [0.3, 0.4) is 0 Å². The van der Waals surface area contributed by atoms with E-state index < -0.39 is 5.60 Å². The van der Waals surface area contributed by atoms with Crippen LogP contribution < -0.4 is 5.32 Å². The van der Waals surface area contributed by atoms with Crippen molar-refractivity contribution in [2.75, 3.05) is 6.54 Å². The van der Waals surface area contributed by atoms with Crippen LogP contribution in [0.15, 0.2) is 12.1 Å². The Morgan fingerprint density at radius 1 is 1.33 bits per heavy atom. The van der Waals surface area contributed by atoms with Gasteiger partial charge in [0, 0.05) is 17.8 Å². The van der Waals surface area contributed by atoms with Gasteiger partial charge in [0.05, 0.1) is 5.60 Å². The molecule has 0 bridgehead atoms. The number of carbonyl (C=O) groups is 1. The van der Waals surface area contributed by atoms with Crippen LogP contribution in [0.25, 0.3) is 0 Å². The number of carbonyl (C=O) groups excluding carboxylic acids is 1. The lowest BCUT2D eigenvalue weighted by atomic mass is 9.94. The van der Waals surface area contributed by atoms with Crippen molar-refractivity contribution >= 4 is 17.5 Å². The zero-order valence-electron chi connectivity index (χ0n) is 12.5. The average Bonchev–Trinajstić information content (AvgIpc) is 2.69. The predicted molar refractivity (Wildman–Crippen MR) is 83.6 cm³/mol. The lowest BCUT2D eigenvalue weighted by Gasteiger charge is -2.26. The summed E-state index contributed by atoms with van der Waals surface area (Å²) in [6, 6.07) is 3.31. The first kappa shape index (κ1) is 16.2. The van der Waals surface area contributed by atoms with Crippen molar-refractivity contribution in [1.82, 2.24) is 10.3 Å². The van der Waals surface area contributed by atoms with E-state index in [2.05, 4.69) is 10.3 Å². The Kier molecular flexibility index (Phi) is 5.59. The van der Waals surface area contributed by atoms with Crippen molar-refractivity contribution in [3.63, 3.8) is 0 Å². The Balaban J connectivity index is 1.99. The summed E-state index contributed by atoms with van der Waals surface area (Å²) < 4.78 is 0. The van der Waals surface area contributed by atoms with E-state index in [0.29, 0.717) is 17.3 Å². The second-order valence-electron chi connectivity index (χ2n) is 5.84. The molecule has 1 amide bonds. The number of hydrogen-bond donors (Lipinski definition) is 2. The Labute approximate surface area is 130 Å². The summed E-state index contributed by atoms with van der Waals surface area (Å²) in [5, 5.41) is 13.7. The maximum absolute atomic E-state index is 12.2. The fourth-order valence-corrected chi connectivity index (χ4v) is 3.00. The van der Waals surface area contributed by atoms with E-state index >= 15 is 0 Å². The third kappa shape index (κ3) is 4.68. The minimum Gasteiger partial charge on any atom is -0.388 e. The molecule has 1 saturated carbocycles. The highest BCUT2D eigenvalue weighted by Crippen LogP contribution is 2.26. The quantitative estimate of drug-likeness (QED) is 0.663. The van der Waals surface area contributed by atoms with E-state index in [-0.39, 0.29) is 5.91 Å². The highest BCUT2D eigenvalue weighted by Gasteiger charge is 2.28. The van der Waals surface area contributed by atoms with Crippen LogP contribution >= 0.6 is 11.6 Å². The minimum atomic E-state index is -0.767. The molecule has 1 heterocycles. The molecule has 2 N–H and O–H groups in total. The van der Waals surface area contributed by atoms with Gasteiger partial charge in [0.25, 0.3) is 5.91 Å². The van der Waals surface area contributed by atoms with Gasteiger partial charge in [-0.2, -0.15) is 0 Å². The van der Waals surface area contributed by atoms with Gasteiger partial charge >= 0.3 is 0 Å². The van der Waals surface area contributed by atoms with Crippen molar-refractivity contribution in [1.29, 1.82) is 0 Å². The zero-order valence-corrected chi connectivity index (χ0v) is 13.2. The van der Waals surface area contributed by atoms with E-state index in [1.54, 1.807) is 12.1 Å². The maximum Gasteiger partial charge on any atom is 0.251 e. The first-order valence-electron chi connectivity index (χ1n) is 7.69. The molecule has 1 aliphatic rings. The Hall–Kier alpha value is -1.13. The van der Waals surface area contributed by atoms with Crippen LogP contribution in [-0.2, 0) is 6.42 Å². The number of nitrogens with zero attached hydrogens (tertiary/aromatic N) is 1. The number of hydrogen-bond acceptors (Lipinski definition) is 3. The Bertz CT molecular complexity index is 497. The van der Waals surface area contributed by atoms with Crippen molar-refractivity contribution in [2.45, 2.75) is 57.5 Å². The highest BCUT2D eigenvalue weighted by atomic mass is 35.5. The predicted octanol–water partition coefficient (Wildman–Crippen LogP) is 3.11. The highest BCUT2D eigenvalue weighted by molar-refractivity contribution is 6.29. The van der Waals surface area contributed by atoms with Crippen LogP contribution in [0.2, 0.25) is 5.15 Å². The van der Waals surface area contributed by atoms with Crippen LogP contribution in [0.4, 0.5) is 0 Å². The molecule has 1 aliphatic carbocycles. The summed E-state index contributed by atoms with van der Waals surface area (Å²) in [7, 11) is 0. The Morgan fingerprint density at radius 3 is 2.62 bits per heavy atom. The number of pyridine rings is 1. The summed E-state index contributed by atoms with van der Waals surface area (Å²) in [6.45, 7) is 2.27. The van der Waals surface area contributed by atoms with Gasteiger partial charge in [-0.1, -0.05) is 44.2 Å². The molecule has 0 aromatic carbocycles. The monoisotopic (exact) mass is 310 g/mol. The minimum absolute atomic E-state index is 0.202. The number of aliphatic hydroxyl groups is 1. The molecule has 1 aromatic heterocycles. The van der Waals surface area contributed by atoms with Crippen molar-refractivity contribution in [3.8, 4) is 0 Å². The summed E-state index contributed by atoms with van der Waals surface area (Å²) in [5.41, 5.74) is 0.529. The van der Waals surface area contributed by atoms with Crippen LogP contribution in [0.1, 0.15) is 61.5 Å². The summed E-state index contributed by atoms with van der Waals surface area (Å²) in [6.07, 6.45) is 6.60. The number of rotatable bonds is 4. The smallest absolute Gasteiger partial charge is 0.251 e. The van der Waals surface area contributed by atoms with Crippen molar-refractivity contribution < 1.29 is 9.90 Å². The fourth-order valence-electron chi connectivity index (χ4n) is 2.77. The molecule has 0 aliphatic heterocycles. The van der Waals surface area contributed by atoms with Crippen LogP contribution in [0, 0.1) is 0 Å². The van der Waals surface area contributed by atoms with Gasteiger partial charge in [-0.15, -0.1) is 0 Å². The molecule has 0 radical (unpaired) electrons. The first-order chi connectivity index (χ1) is 10.0. The standard InChI is InChI=1S/C16H23ClN2O2/c1-2-13-9-12(10-14(17)19-13)15(20)18-11-16(21)7-5-3-4-6-8-16/h9-10,21H,2-8,11H2,1H3,(H,18,20). The topological polar surface area (TPSA) is 62.2 Å². The molecule has 0 saturated heterocycles. The molecule has 1 fully saturated rings. The van der Waals surface area contributed by atoms with Gasteiger partial charge in [-0.05, 0) is 31.4 Å². The summed E-state index contributed by atoms with van der Waals surface area (Å²) in [4.78, 5) is 16.4. The molecule has 4 nitrogen and oxygen atoms in total. The van der Waals surface area contributed by atoms with Crippen LogP contribution in [-0.4, -0.2) is 28.1 Å². The second-order valence-corrected chi connectivity index (χ2v) is 6.23. The van der Waals surface area contributed by atoms with Gasteiger partial charge < -0.3 is 10.4 Å². The zero-order chi connectivity index (χ0) is 15.3. The molecule has 1 aromatic rings. The molecule has 2 rings (SSSR count). The molecule has 0 atom stereocenters. The molecule has 116 valence electrons. The van der Waals surface area contributed by atoms with Crippen LogP contribution in [0.5, 0.6) is 0 Å². The molecular weight excluding hydrogens is 288 g/mol. The van der Waals surface area contributed by atoms with Gasteiger partial charge in [0.2, 0.25) is 0 Å². The van der Waals surface area contributed by atoms with Crippen molar-refractivity contribution in [2.24, 2.45) is 0 Å². The number of halogens is 1. The van der Waals surface area contributed by atoms with E-state index in [1.807, 2.05) is 6.92 Å². The lowest BCUT2D eigenvalue weighted by molar-refractivity contribution is 0.0246. The van der Waals surface area contributed by atoms with E-state index in [1.165, 1.54) is 0 Å². The van der Waals surface area contributed by atoms with E-state index in [9.17, 15) is 9.90 Å². The normalized spacial score (nSPS) is 18.0. The number of amides is 1. The van der Waals surface area contributed by atoms with Gasteiger partial charge in [-0.3, -0.25) is 4.79 Å². The number of nitrogens with one attached hydrogen (secondary N) is 1. The largest absolute Gasteiger partial charge is 0.388 e. The fraction of sp³-hybridized carbons (Fsp3) is 0.625. The average molecular weight is 311 g/mol. The molecule has 5 heteroatoms. The SMILES string of the molecule is CCc1cc(C(=O)NCC2(O)CCCCCC2)cc(Cl)n1. The third-order valence-electron chi connectivity index (χ3n) is 4.08. The maximum atomic E-state index is 12.2. The molecule has 21 heavy (non-hydrogen) atoms. The molecule has 0 spiro atoms. The Morgan fingerprint density at radius 2 is 2.00 bits per heavy atom. The van der Waals surface area contributed by atoms with Gasteiger partial charge in [0.15, 0.2) is 0 Å². The first-order valence-corrected chi connectivity index (χ1v) is 8.07. The van der Waals surface area contributed by atoms with Gasteiger partial charge in [-0.25, -0.2) is 4.98 Å². The van der Waals surface area contributed by atoms with E-state index in [0.717, 1.165) is 50.6 Å². The summed E-state index contributed by atoms with van der Waals surface area (Å²) in [5.74, 6) is -0.202. The summed E-state index contributed by atoms with van der Waals surface area (Å²) >= 11 is 5.93. The van der Waals surface area contributed by atoms with E-state index in [4.69, 9.17) is 11.6 Å². The van der Waals surface area contributed by atoms with Crippen molar-refractivity contribution in [3.05, 3.63) is 28.5 Å². The second kappa shape index (κ2) is 7.23. The van der Waals surface area contributed by atoms with Gasteiger partial charge in [0.1, 0.15) is 5.15 Å². The molecular formula is C16H23ClN2O2. The third-order valence-corrected chi connectivity index (χ3v) is 4.28. The number of aryl methyl sites for hydroxylation is 1. The molecule has 0 unspecified atom stereocenters. The number of aromatic nitrogens is 1.